The van der Waals surface area contributed by atoms with Gasteiger partial charge in [-0.25, -0.2) is 22.1 Å². The summed E-state index contributed by atoms with van der Waals surface area (Å²) < 4.78 is 94.0. The van der Waals surface area contributed by atoms with Gasteiger partial charge in [0.1, 0.15) is 0 Å². The predicted molar refractivity (Wildman–Crippen MR) is 246 cm³/mol. The highest BCUT2D eigenvalue weighted by atomic mass is 32.3. The quantitative estimate of drug-likeness (QED) is 0.0122. The van der Waals surface area contributed by atoms with Gasteiger partial charge < -0.3 is 17.5 Å². The fourth-order valence-electron chi connectivity index (χ4n) is 8.36. The van der Waals surface area contributed by atoms with Crippen molar-refractivity contribution >= 4 is 134 Å². The summed E-state index contributed by atoms with van der Waals surface area (Å²) in [6.45, 7) is 7.90. The summed E-state index contributed by atoms with van der Waals surface area (Å²) in [7, 11) is -13.1. The minimum Gasteiger partial charge on any atom is -0.778 e. The van der Waals surface area contributed by atoms with Crippen molar-refractivity contribution in [3.63, 3.8) is 0 Å². The minimum atomic E-state index is -4.49. The van der Waals surface area contributed by atoms with E-state index < -0.39 is 47.1 Å². The van der Waals surface area contributed by atoms with Gasteiger partial charge in [0.15, 0.2) is 5.71 Å². The molecule has 2 aliphatic heterocycles. The van der Waals surface area contributed by atoms with E-state index in [9.17, 15) is 29.8 Å². The van der Waals surface area contributed by atoms with Crippen LogP contribution in [0.3, 0.4) is 0 Å². The highest BCUT2D eigenvalue weighted by molar-refractivity contribution is 8.04. The van der Waals surface area contributed by atoms with Gasteiger partial charge in [0, 0.05) is 57.4 Å². The molecule has 4 aromatic carbocycles. The summed E-state index contributed by atoms with van der Waals surface area (Å²) in [5.41, 5.74) is 4.39. The number of benzene rings is 4. The molecule has 0 fully saturated rings. The normalized spacial score (nSPS) is 18.6. The van der Waals surface area contributed by atoms with E-state index in [1.54, 1.807) is 33.0 Å². The Morgan fingerprint density at radius 2 is 1.62 bits per heavy atom. The number of allylic oxidation sites excluding steroid dienone is 5. The van der Waals surface area contributed by atoms with E-state index >= 15 is 0 Å². The predicted octanol–water partition coefficient (Wildman–Crippen LogP) is 6.55. The number of thiocarbonyl (C=S) groups is 2. The molecule has 2 heterocycles. The third kappa shape index (κ3) is 8.76. The van der Waals surface area contributed by atoms with E-state index in [2.05, 4.69) is 24.2 Å². The van der Waals surface area contributed by atoms with Crippen LogP contribution in [0.4, 0.5) is 17.1 Å². The smallest absolute Gasteiger partial charge is 0.333 e. The second-order valence-corrected chi connectivity index (χ2v) is 22.2. The van der Waals surface area contributed by atoms with E-state index in [0.717, 1.165) is 62.4 Å². The lowest BCUT2D eigenvalue weighted by Gasteiger charge is -2.35. The zero-order chi connectivity index (χ0) is 44.4. The lowest BCUT2D eigenvalue weighted by Crippen LogP contribution is -2.37. The van der Waals surface area contributed by atoms with Gasteiger partial charge in [-0.1, -0.05) is 49.3 Å². The number of nitrogens with one attached hydrogen (secondary N) is 2. The Kier molecular flexibility index (Phi) is 12.1. The highest BCUT2D eigenvalue weighted by Crippen LogP contribution is 2.52. The number of hydrogen-bond acceptors (Lipinski definition) is 15. The Bertz CT molecular complexity index is 3120. The summed E-state index contributed by atoms with van der Waals surface area (Å²) >= 11 is 17.7. The van der Waals surface area contributed by atoms with Crippen molar-refractivity contribution < 1.29 is 49.0 Å². The Morgan fingerprint density at radius 1 is 0.951 bits per heavy atom. The Balaban J connectivity index is 1.36. The van der Waals surface area contributed by atoms with Crippen LogP contribution in [0.2, 0.25) is 0 Å². The van der Waals surface area contributed by atoms with Crippen LogP contribution in [0.1, 0.15) is 38.8 Å². The monoisotopic (exact) mass is 959 g/mol. The molecule has 1 aliphatic carbocycles. The van der Waals surface area contributed by atoms with Crippen molar-refractivity contribution in [2.24, 2.45) is 4.99 Å². The fraction of sp³-hybridized carbons (Fsp3) is 0.256. The molecular formula is C39H37N5O10S7. The van der Waals surface area contributed by atoms with Crippen molar-refractivity contribution in [2.75, 3.05) is 30.1 Å². The summed E-state index contributed by atoms with van der Waals surface area (Å²) in [5, 5.41) is 18.2. The first kappa shape index (κ1) is 45.2. The second-order valence-electron chi connectivity index (χ2n) is 15.5. The molecule has 3 aliphatic rings. The molecule has 0 saturated carbocycles. The maximum atomic E-state index is 13.4. The van der Waals surface area contributed by atoms with Crippen LogP contribution in [0, 0.1) is 0 Å². The molecule has 320 valence electrons. The lowest BCUT2D eigenvalue weighted by atomic mass is 9.77. The summed E-state index contributed by atoms with van der Waals surface area (Å²) in [4.78, 5) is 7.51. The molecule has 0 atom stereocenters. The first-order chi connectivity index (χ1) is 28.5. The molecule has 0 radical (unpaired) electrons. The van der Waals surface area contributed by atoms with E-state index in [0.29, 0.717) is 42.9 Å². The largest absolute Gasteiger partial charge is 0.778 e. The number of nitrogens with zero attached hydrogens (tertiary/aromatic N) is 3. The van der Waals surface area contributed by atoms with E-state index in [1.807, 2.05) is 81.1 Å². The average Bonchev–Trinajstić information content (AvgIpc) is 3.50. The molecule has 0 bridgehead atoms. The number of rotatable bonds is 14. The standard InChI is InChI=1S/C39H37N5O10S7/c1-38(2)32(43(15-14-41-61(50,51)52)30-12-7-23-17-25(58-54-53-45)9-11-27(23)34(30)38)18-28-36(56)29(37(28)57)19-33-39(3,4)35-26-10-8-24(40-20-55)16-22(26)6-13-31(35)44(33)21-60(48,49)42-59(5,46)47/h6-13,16-19,41-42H,14-15,21H2,1-5H3,(H2-,45,50,51,52,56,57). The molecule has 15 nitrogen and oxygen atoms in total. The van der Waals surface area contributed by atoms with Crippen molar-refractivity contribution in [3.8, 4) is 0 Å². The van der Waals surface area contributed by atoms with Crippen LogP contribution < -0.4 is 13.7 Å². The second kappa shape index (κ2) is 16.4. The zero-order valence-electron chi connectivity index (χ0n) is 32.9. The minimum absolute atomic E-state index is 0.126. The maximum absolute atomic E-state index is 13.4. The molecule has 4 aromatic rings. The molecule has 7 rings (SSSR count). The first-order valence-corrected chi connectivity index (χ1v) is 25.1. The summed E-state index contributed by atoms with van der Waals surface area (Å²) in [5.74, 6) is -0.732. The number of fused-ring (bicyclic) bond motifs is 6. The molecule has 0 spiro atoms. The van der Waals surface area contributed by atoms with Crippen LogP contribution in [0.25, 0.3) is 21.5 Å². The Morgan fingerprint density at radius 3 is 2.28 bits per heavy atom. The van der Waals surface area contributed by atoms with E-state index in [1.165, 1.54) is 0 Å². The van der Waals surface area contributed by atoms with E-state index in [-0.39, 0.29) is 13.1 Å². The van der Waals surface area contributed by atoms with Crippen molar-refractivity contribution in [1.29, 1.82) is 0 Å². The van der Waals surface area contributed by atoms with Crippen molar-refractivity contribution in [3.05, 3.63) is 106 Å². The zero-order valence-corrected chi connectivity index (χ0v) is 38.6. The third-order valence-corrected chi connectivity index (χ3v) is 15.7. The van der Waals surface area contributed by atoms with Gasteiger partial charge >= 0.3 is 10.3 Å². The van der Waals surface area contributed by atoms with Crippen LogP contribution in [-0.4, -0.2) is 80.6 Å². The Labute approximate surface area is 373 Å². The van der Waals surface area contributed by atoms with Gasteiger partial charge in [-0.3, -0.25) is 4.55 Å². The lowest BCUT2D eigenvalue weighted by molar-refractivity contribution is -0.432. The van der Waals surface area contributed by atoms with E-state index in [4.69, 9.17) is 42.3 Å². The average molecular weight is 960 g/mol. The summed E-state index contributed by atoms with van der Waals surface area (Å²) in [6, 6.07) is 18.5. The number of isothiocyanates is 1. The molecule has 4 N–H and O–H groups in total. The van der Waals surface area contributed by atoms with Crippen LogP contribution >= 0.6 is 36.5 Å². The van der Waals surface area contributed by atoms with Gasteiger partial charge in [-0.05, 0) is 107 Å². The highest BCUT2D eigenvalue weighted by Gasteiger charge is 2.48. The fourth-order valence-corrected chi connectivity index (χ4v) is 12.7. The number of hydrogen-bond donors (Lipinski definition) is 4. The topological polar surface area (TPSA) is 204 Å². The van der Waals surface area contributed by atoms with Crippen LogP contribution in [-0.2, 0) is 63.2 Å². The number of aliphatic imine (C=N–C) groups is 1. The van der Waals surface area contributed by atoms with Gasteiger partial charge in [0.25, 0.3) is 15.9 Å². The molecule has 0 unspecified atom stereocenters. The SMILES string of the molecule is CC1(C)C(=CC2=C([S-])C(=CC3=[N+](CS(=O)(=O)NS(C)(=O)=O)c4ccc5cc(N=C=S)ccc5c4C3(C)C)C2=S)N(CCNS(=O)(=O)O)c2ccc3cc(SOOO)ccc3c21. The summed E-state index contributed by atoms with van der Waals surface area (Å²) in [6.07, 6.45) is 4.41. The number of sulfonamides is 2. The number of anilines is 1. The van der Waals surface area contributed by atoms with Crippen LogP contribution in [0.5, 0.6) is 0 Å². The third-order valence-electron chi connectivity index (χ3n) is 10.7. The molecule has 61 heavy (non-hydrogen) atoms. The van der Waals surface area contributed by atoms with Crippen LogP contribution in [0.15, 0.2) is 104 Å². The van der Waals surface area contributed by atoms with Crippen molar-refractivity contribution in [1.82, 2.24) is 8.85 Å². The molecule has 0 saturated heterocycles. The molecule has 0 aromatic heterocycles. The van der Waals surface area contributed by atoms with Gasteiger partial charge in [0.05, 0.1) is 34.6 Å². The van der Waals surface area contributed by atoms with Gasteiger partial charge in [-0.2, -0.15) is 27.6 Å². The molecular weight excluding hydrogens is 923 g/mol. The first-order valence-electron chi connectivity index (χ1n) is 18.1. The maximum Gasteiger partial charge on any atom is 0.333 e. The Hall–Kier alpha value is -3.84. The molecule has 0 amide bonds. The molecule has 22 heteroatoms. The van der Waals surface area contributed by atoms with Crippen molar-refractivity contribution in [2.45, 2.75) is 43.4 Å². The van der Waals surface area contributed by atoms with Gasteiger partial charge in [-0.15, -0.1) is 8.46 Å². The van der Waals surface area contributed by atoms with Gasteiger partial charge in [0.2, 0.25) is 15.7 Å².